The van der Waals surface area contributed by atoms with Crippen molar-refractivity contribution in [2.75, 3.05) is 6.79 Å². The first-order chi connectivity index (χ1) is 7.18. The van der Waals surface area contributed by atoms with Crippen molar-refractivity contribution >= 4 is 21.7 Å². The van der Waals surface area contributed by atoms with Crippen molar-refractivity contribution in [3.05, 3.63) is 27.7 Å². The van der Waals surface area contributed by atoms with E-state index in [0.717, 1.165) is 21.3 Å². The Kier molecular flexibility index (Phi) is 3.07. The van der Waals surface area contributed by atoms with Crippen LogP contribution in [-0.4, -0.2) is 12.6 Å². The summed E-state index contributed by atoms with van der Waals surface area (Å²) in [6.45, 7) is 2.38. The molecule has 0 unspecified atom stereocenters. The van der Waals surface area contributed by atoms with Crippen LogP contribution in [0.15, 0.2) is 16.6 Å². The van der Waals surface area contributed by atoms with Crippen molar-refractivity contribution in [3.8, 4) is 5.75 Å². The first kappa shape index (κ1) is 10.6. The maximum absolute atomic E-state index is 11.1. The molecular formula is C11H11BrO3. The summed E-state index contributed by atoms with van der Waals surface area (Å²) in [6, 6.07) is 3.80. The van der Waals surface area contributed by atoms with Crippen LogP contribution in [0.2, 0.25) is 0 Å². The van der Waals surface area contributed by atoms with Gasteiger partial charge in [0, 0.05) is 16.5 Å². The molecule has 0 radical (unpaired) electrons. The monoisotopic (exact) mass is 270 g/mol. The van der Waals surface area contributed by atoms with Gasteiger partial charge in [-0.2, -0.15) is 0 Å². The number of Topliss-reactive ketones (excluding diaryl/α,β-unsaturated/α-hetero) is 1. The first-order valence-corrected chi connectivity index (χ1v) is 5.48. The van der Waals surface area contributed by atoms with Crippen LogP contribution in [0.25, 0.3) is 0 Å². The Balaban J connectivity index is 2.45. The normalized spacial score (nSPS) is 14.3. The molecular weight excluding hydrogens is 260 g/mol. The van der Waals surface area contributed by atoms with Gasteiger partial charge in [0.15, 0.2) is 6.79 Å². The van der Waals surface area contributed by atoms with E-state index < -0.39 is 0 Å². The molecule has 15 heavy (non-hydrogen) atoms. The molecule has 2 rings (SSSR count). The molecule has 1 aromatic carbocycles. The quantitative estimate of drug-likeness (QED) is 0.828. The summed E-state index contributed by atoms with van der Waals surface area (Å²) in [4.78, 5) is 11.1. The van der Waals surface area contributed by atoms with Gasteiger partial charge in [-0.15, -0.1) is 0 Å². The van der Waals surface area contributed by atoms with E-state index in [1.807, 2.05) is 12.1 Å². The molecule has 1 aliphatic rings. The smallest absolute Gasteiger partial charge is 0.189 e. The van der Waals surface area contributed by atoms with Gasteiger partial charge in [-0.05, 0) is 24.6 Å². The molecule has 1 aliphatic heterocycles. The second-order valence-electron chi connectivity index (χ2n) is 3.49. The fourth-order valence-electron chi connectivity index (χ4n) is 1.63. The molecule has 0 fully saturated rings. The summed E-state index contributed by atoms with van der Waals surface area (Å²) >= 11 is 3.44. The maximum Gasteiger partial charge on any atom is 0.189 e. The number of fused-ring (bicyclic) bond motifs is 1. The minimum absolute atomic E-state index is 0.134. The molecule has 0 aliphatic carbocycles. The van der Waals surface area contributed by atoms with Crippen LogP contribution in [0, 0.1) is 0 Å². The predicted molar refractivity (Wildman–Crippen MR) is 58.8 cm³/mol. The fourth-order valence-corrected chi connectivity index (χ4v) is 2.14. The number of ether oxygens (including phenoxy) is 2. The van der Waals surface area contributed by atoms with E-state index in [2.05, 4.69) is 15.9 Å². The zero-order valence-corrected chi connectivity index (χ0v) is 9.96. The Morgan fingerprint density at radius 3 is 3.07 bits per heavy atom. The summed E-state index contributed by atoms with van der Waals surface area (Å²) in [5, 5.41) is 0. The lowest BCUT2D eigenvalue weighted by Crippen LogP contribution is -2.14. The zero-order valence-electron chi connectivity index (χ0n) is 8.38. The third-order valence-electron chi connectivity index (χ3n) is 2.30. The van der Waals surface area contributed by atoms with Crippen LogP contribution >= 0.6 is 15.9 Å². The summed E-state index contributed by atoms with van der Waals surface area (Å²) in [6.07, 6.45) is 0.413. The van der Waals surface area contributed by atoms with Gasteiger partial charge in [0.1, 0.15) is 11.5 Å². The first-order valence-electron chi connectivity index (χ1n) is 4.68. The largest absolute Gasteiger partial charge is 0.467 e. The standard InChI is InChI=1S/C11H11BrO3/c1-7(13)4-8-9-5-14-6-15-11(9)3-2-10(8)12/h2-3H,4-6H2,1H3. The fraction of sp³-hybridized carbons (Fsp3) is 0.364. The highest BCUT2D eigenvalue weighted by Crippen LogP contribution is 2.32. The van der Waals surface area contributed by atoms with E-state index in [4.69, 9.17) is 9.47 Å². The van der Waals surface area contributed by atoms with E-state index in [1.165, 1.54) is 0 Å². The lowest BCUT2D eigenvalue weighted by molar-refractivity contribution is -0.116. The van der Waals surface area contributed by atoms with Gasteiger partial charge < -0.3 is 9.47 Å². The third-order valence-corrected chi connectivity index (χ3v) is 3.04. The molecule has 0 saturated carbocycles. The number of benzene rings is 1. The average molecular weight is 271 g/mol. The molecule has 80 valence electrons. The number of hydrogen-bond donors (Lipinski definition) is 0. The van der Waals surface area contributed by atoms with Gasteiger partial charge in [0.25, 0.3) is 0 Å². The van der Waals surface area contributed by atoms with E-state index >= 15 is 0 Å². The number of carbonyl (C=O) groups is 1. The summed E-state index contributed by atoms with van der Waals surface area (Å²) in [5.41, 5.74) is 1.95. The zero-order chi connectivity index (χ0) is 10.8. The summed E-state index contributed by atoms with van der Waals surface area (Å²) in [7, 11) is 0. The highest BCUT2D eigenvalue weighted by molar-refractivity contribution is 9.10. The lowest BCUT2D eigenvalue weighted by atomic mass is 10.0. The highest BCUT2D eigenvalue weighted by Gasteiger charge is 2.17. The molecule has 0 saturated heterocycles. The molecule has 4 heteroatoms. The maximum atomic E-state index is 11.1. The number of hydrogen-bond acceptors (Lipinski definition) is 3. The van der Waals surface area contributed by atoms with Gasteiger partial charge in [0.05, 0.1) is 6.61 Å². The van der Waals surface area contributed by atoms with Crippen LogP contribution in [0.3, 0.4) is 0 Å². The molecule has 1 aromatic rings. The Bertz CT molecular complexity index is 401. The molecule has 1 heterocycles. The Hall–Kier alpha value is -0.870. The van der Waals surface area contributed by atoms with Gasteiger partial charge >= 0.3 is 0 Å². The van der Waals surface area contributed by atoms with Crippen molar-refractivity contribution < 1.29 is 14.3 Å². The van der Waals surface area contributed by atoms with Crippen molar-refractivity contribution in [1.29, 1.82) is 0 Å². The van der Waals surface area contributed by atoms with Crippen molar-refractivity contribution in [1.82, 2.24) is 0 Å². The van der Waals surface area contributed by atoms with E-state index in [-0.39, 0.29) is 12.6 Å². The molecule has 0 atom stereocenters. The van der Waals surface area contributed by atoms with Gasteiger partial charge in [-0.3, -0.25) is 4.79 Å². The van der Waals surface area contributed by atoms with E-state index in [9.17, 15) is 4.79 Å². The number of rotatable bonds is 2. The SMILES string of the molecule is CC(=O)Cc1c(Br)ccc2c1COCO2. The molecule has 0 bridgehead atoms. The molecule has 3 nitrogen and oxygen atoms in total. The molecule has 0 amide bonds. The number of halogens is 1. The van der Waals surface area contributed by atoms with E-state index in [1.54, 1.807) is 6.92 Å². The predicted octanol–water partition coefficient (Wildman–Crippen LogP) is 2.45. The van der Waals surface area contributed by atoms with Crippen LogP contribution in [-0.2, 0) is 22.6 Å². The minimum Gasteiger partial charge on any atom is -0.467 e. The summed E-state index contributed by atoms with van der Waals surface area (Å²) in [5.74, 6) is 0.954. The van der Waals surface area contributed by atoms with Crippen molar-refractivity contribution in [2.24, 2.45) is 0 Å². The second-order valence-corrected chi connectivity index (χ2v) is 4.35. The third kappa shape index (κ3) is 2.21. The van der Waals surface area contributed by atoms with Gasteiger partial charge in [-0.1, -0.05) is 15.9 Å². The van der Waals surface area contributed by atoms with Crippen LogP contribution in [0.5, 0.6) is 5.75 Å². The van der Waals surface area contributed by atoms with E-state index in [0.29, 0.717) is 13.0 Å². The van der Waals surface area contributed by atoms with Crippen LogP contribution < -0.4 is 4.74 Å². The molecule has 0 spiro atoms. The van der Waals surface area contributed by atoms with Crippen molar-refractivity contribution in [3.63, 3.8) is 0 Å². The topological polar surface area (TPSA) is 35.5 Å². The van der Waals surface area contributed by atoms with Crippen molar-refractivity contribution in [2.45, 2.75) is 20.0 Å². The molecule has 0 N–H and O–H groups in total. The second kappa shape index (κ2) is 4.33. The number of ketones is 1. The molecule has 0 aromatic heterocycles. The Morgan fingerprint density at radius 2 is 2.33 bits per heavy atom. The summed E-state index contributed by atoms with van der Waals surface area (Å²) < 4.78 is 11.5. The number of carbonyl (C=O) groups excluding carboxylic acids is 1. The average Bonchev–Trinajstić information content (AvgIpc) is 2.22. The Morgan fingerprint density at radius 1 is 1.53 bits per heavy atom. The lowest BCUT2D eigenvalue weighted by Gasteiger charge is -2.21. The highest BCUT2D eigenvalue weighted by atomic mass is 79.9. The minimum atomic E-state index is 0.134. The van der Waals surface area contributed by atoms with Crippen LogP contribution in [0.1, 0.15) is 18.1 Å². The van der Waals surface area contributed by atoms with Crippen LogP contribution in [0.4, 0.5) is 0 Å². The Labute approximate surface area is 96.5 Å². The van der Waals surface area contributed by atoms with Gasteiger partial charge in [-0.25, -0.2) is 0 Å². The van der Waals surface area contributed by atoms with Gasteiger partial charge in [0.2, 0.25) is 0 Å².